The smallest absolute Gasteiger partial charge is 0.253 e. The molecule has 0 saturated heterocycles. The van der Waals surface area contributed by atoms with Gasteiger partial charge in [-0.05, 0) is 18.6 Å². The average molecular weight is 245 g/mol. The van der Waals surface area contributed by atoms with Crippen molar-refractivity contribution in [3.05, 3.63) is 42.5 Å². The molecule has 0 bridgehead atoms. The monoisotopic (exact) mass is 245 g/mol. The largest absolute Gasteiger partial charge is 0.398 e. The van der Waals surface area contributed by atoms with E-state index in [1.54, 1.807) is 35.3 Å². The van der Waals surface area contributed by atoms with Crippen molar-refractivity contribution in [3.8, 4) is 0 Å². The number of nitrogens with zero attached hydrogens (tertiary/aromatic N) is 3. The molecule has 0 saturated carbocycles. The highest BCUT2D eigenvalue weighted by molar-refractivity contribution is 5.98. The number of nitrogens with one attached hydrogen (secondary N) is 1. The van der Waals surface area contributed by atoms with Gasteiger partial charge in [0.25, 0.3) is 5.91 Å². The van der Waals surface area contributed by atoms with Gasteiger partial charge in [-0.3, -0.25) is 9.48 Å². The summed E-state index contributed by atoms with van der Waals surface area (Å²) in [5.74, 6) is -0.147. The fourth-order valence-corrected chi connectivity index (χ4v) is 1.59. The number of hydrogen-bond donors (Lipinski definition) is 2. The van der Waals surface area contributed by atoms with E-state index in [0.29, 0.717) is 17.8 Å². The molecule has 0 atom stereocenters. The summed E-state index contributed by atoms with van der Waals surface area (Å²) in [6.45, 7) is 1.30. The maximum Gasteiger partial charge on any atom is 0.253 e. The number of aryl methyl sites for hydroxylation is 1. The summed E-state index contributed by atoms with van der Waals surface area (Å²) >= 11 is 0. The summed E-state index contributed by atoms with van der Waals surface area (Å²) in [6, 6.07) is 7.02. The van der Waals surface area contributed by atoms with Gasteiger partial charge in [-0.2, -0.15) is 5.10 Å². The number of nitrogens with two attached hydrogens (primary N) is 1. The molecule has 3 N–H and O–H groups in total. The Morgan fingerprint density at radius 2 is 2.22 bits per heavy atom. The molecule has 0 radical (unpaired) electrons. The second kappa shape index (κ2) is 5.81. The van der Waals surface area contributed by atoms with Crippen molar-refractivity contribution in [1.82, 2.24) is 20.1 Å². The molecule has 0 aliphatic carbocycles. The quantitative estimate of drug-likeness (QED) is 0.599. The van der Waals surface area contributed by atoms with E-state index in [-0.39, 0.29) is 5.91 Å². The van der Waals surface area contributed by atoms with E-state index in [1.165, 1.54) is 6.33 Å². The van der Waals surface area contributed by atoms with Crippen LogP contribution in [0.4, 0.5) is 5.69 Å². The predicted molar refractivity (Wildman–Crippen MR) is 67.8 cm³/mol. The number of nitrogen functional groups attached to an aromatic ring is 1. The van der Waals surface area contributed by atoms with Crippen molar-refractivity contribution in [2.75, 3.05) is 12.3 Å². The molecule has 1 amide bonds. The standard InChI is InChI=1S/C12H15N5O/c13-11-5-2-1-4-10(11)12(18)15-6-3-7-17-9-14-8-16-17/h1-2,4-5,8-9H,3,6-7,13H2,(H,15,18). The molecule has 0 fully saturated rings. The number of amides is 1. The molecule has 0 aliphatic heterocycles. The first kappa shape index (κ1) is 12.1. The number of benzene rings is 1. The zero-order valence-corrected chi connectivity index (χ0v) is 9.91. The van der Waals surface area contributed by atoms with Crippen LogP contribution in [0.3, 0.4) is 0 Å². The van der Waals surface area contributed by atoms with Crippen LogP contribution in [0.15, 0.2) is 36.9 Å². The van der Waals surface area contributed by atoms with Crippen LogP contribution < -0.4 is 11.1 Å². The summed E-state index contributed by atoms with van der Waals surface area (Å²) in [5.41, 5.74) is 6.72. The molecule has 94 valence electrons. The third-order valence-electron chi connectivity index (χ3n) is 2.52. The molecule has 2 aromatic rings. The summed E-state index contributed by atoms with van der Waals surface area (Å²) in [7, 11) is 0. The number of anilines is 1. The molecule has 0 aliphatic rings. The molecule has 18 heavy (non-hydrogen) atoms. The Morgan fingerprint density at radius 1 is 1.39 bits per heavy atom. The highest BCUT2D eigenvalue weighted by Gasteiger charge is 2.07. The first-order valence-electron chi connectivity index (χ1n) is 5.72. The minimum Gasteiger partial charge on any atom is -0.398 e. The molecule has 6 nitrogen and oxygen atoms in total. The number of para-hydroxylation sites is 1. The zero-order chi connectivity index (χ0) is 12.8. The van der Waals surface area contributed by atoms with E-state index in [4.69, 9.17) is 5.73 Å². The van der Waals surface area contributed by atoms with E-state index < -0.39 is 0 Å². The number of hydrogen-bond acceptors (Lipinski definition) is 4. The molecule has 2 rings (SSSR count). The zero-order valence-electron chi connectivity index (χ0n) is 9.91. The van der Waals surface area contributed by atoms with Crippen molar-refractivity contribution in [2.24, 2.45) is 0 Å². The van der Waals surface area contributed by atoms with Crippen LogP contribution in [0.25, 0.3) is 0 Å². The van der Waals surface area contributed by atoms with Gasteiger partial charge in [-0.1, -0.05) is 12.1 Å². The van der Waals surface area contributed by atoms with Gasteiger partial charge in [0, 0.05) is 18.8 Å². The Hall–Kier alpha value is -2.37. The molecule has 6 heteroatoms. The van der Waals surface area contributed by atoms with Crippen molar-refractivity contribution in [2.45, 2.75) is 13.0 Å². The predicted octanol–water partition coefficient (Wildman–Crippen LogP) is 0.680. The van der Waals surface area contributed by atoms with Crippen molar-refractivity contribution < 1.29 is 4.79 Å². The van der Waals surface area contributed by atoms with Gasteiger partial charge in [-0.25, -0.2) is 4.98 Å². The summed E-state index contributed by atoms with van der Waals surface area (Å²) in [4.78, 5) is 15.6. The minimum atomic E-state index is -0.147. The number of carbonyl (C=O) groups excluding carboxylic acids is 1. The first-order valence-corrected chi connectivity index (χ1v) is 5.72. The van der Waals surface area contributed by atoms with E-state index in [9.17, 15) is 4.79 Å². The number of carbonyl (C=O) groups is 1. The third-order valence-corrected chi connectivity index (χ3v) is 2.52. The van der Waals surface area contributed by atoms with Crippen molar-refractivity contribution >= 4 is 11.6 Å². The van der Waals surface area contributed by atoms with Crippen LogP contribution in [-0.4, -0.2) is 27.2 Å². The lowest BCUT2D eigenvalue weighted by Gasteiger charge is -2.07. The Balaban J connectivity index is 1.77. The molecule has 1 heterocycles. The molecule has 0 spiro atoms. The van der Waals surface area contributed by atoms with Gasteiger partial charge in [0.15, 0.2) is 0 Å². The second-order valence-electron chi connectivity index (χ2n) is 3.86. The van der Waals surface area contributed by atoms with Gasteiger partial charge in [0.1, 0.15) is 12.7 Å². The Labute approximate surface area is 105 Å². The third kappa shape index (κ3) is 3.07. The molecule has 1 aromatic heterocycles. The van der Waals surface area contributed by atoms with E-state index in [0.717, 1.165) is 13.0 Å². The summed E-state index contributed by atoms with van der Waals surface area (Å²) in [5, 5.41) is 6.80. The van der Waals surface area contributed by atoms with Crippen molar-refractivity contribution in [3.63, 3.8) is 0 Å². The Bertz CT molecular complexity index is 509. The first-order chi connectivity index (χ1) is 8.77. The Morgan fingerprint density at radius 3 is 2.94 bits per heavy atom. The van der Waals surface area contributed by atoms with Crippen LogP contribution >= 0.6 is 0 Å². The maximum atomic E-state index is 11.8. The highest BCUT2D eigenvalue weighted by Crippen LogP contribution is 2.09. The normalized spacial score (nSPS) is 10.2. The lowest BCUT2D eigenvalue weighted by molar-refractivity contribution is 0.0953. The van der Waals surface area contributed by atoms with Crippen LogP contribution in [-0.2, 0) is 6.54 Å². The lowest BCUT2D eigenvalue weighted by atomic mass is 10.1. The van der Waals surface area contributed by atoms with Gasteiger partial charge in [0.2, 0.25) is 0 Å². The summed E-state index contributed by atoms with van der Waals surface area (Å²) < 4.78 is 1.73. The van der Waals surface area contributed by atoms with E-state index in [2.05, 4.69) is 15.4 Å². The molecule has 1 aromatic carbocycles. The van der Waals surface area contributed by atoms with Crippen LogP contribution in [0.5, 0.6) is 0 Å². The average Bonchev–Trinajstić information content (AvgIpc) is 2.88. The fourth-order valence-electron chi connectivity index (χ4n) is 1.59. The SMILES string of the molecule is Nc1ccccc1C(=O)NCCCn1cncn1. The summed E-state index contributed by atoms with van der Waals surface area (Å²) in [6.07, 6.45) is 3.93. The number of aromatic nitrogens is 3. The van der Waals surface area contributed by atoms with Gasteiger partial charge >= 0.3 is 0 Å². The van der Waals surface area contributed by atoms with Gasteiger partial charge in [0.05, 0.1) is 5.56 Å². The Kier molecular flexibility index (Phi) is 3.90. The molecule has 0 unspecified atom stereocenters. The molecular weight excluding hydrogens is 230 g/mol. The van der Waals surface area contributed by atoms with E-state index >= 15 is 0 Å². The molecular formula is C12H15N5O. The number of rotatable bonds is 5. The van der Waals surface area contributed by atoms with Crippen LogP contribution in [0.2, 0.25) is 0 Å². The highest BCUT2D eigenvalue weighted by atomic mass is 16.1. The van der Waals surface area contributed by atoms with Gasteiger partial charge in [-0.15, -0.1) is 0 Å². The van der Waals surface area contributed by atoms with Crippen LogP contribution in [0, 0.1) is 0 Å². The van der Waals surface area contributed by atoms with Crippen LogP contribution in [0.1, 0.15) is 16.8 Å². The minimum absolute atomic E-state index is 0.147. The fraction of sp³-hybridized carbons (Fsp3) is 0.250. The van der Waals surface area contributed by atoms with E-state index in [1.807, 2.05) is 0 Å². The second-order valence-corrected chi connectivity index (χ2v) is 3.86. The van der Waals surface area contributed by atoms with Crippen molar-refractivity contribution in [1.29, 1.82) is 0 Å². The topological polar surface area (TPSA) is 85.8 Å². The maximum absolute atomic E-state index is 11.8. The lowest BCUT2D eigenvalue weighted by Crippen LogP contribution is -2.26. The van der Waals surface area contributed by atoms with Gasteiger partial charge < -0.3 is 11.1 Å².